The molecule has 2 heterocycles. The summed E-state index contributed by atoms with van der Waals surface area (Å²) in [7, 11) is 0. The molecule has 0 amide bonds. The largest absolute Gasteiger partial charge is 0.326 e. The van der Waals surface area contributed by atoms with E-state index in [2.05, 4.69) is 54.3 Å². The molecule has 0 spiro atoms. The lowest BCUT2D eigenvalue weighted by Crippen LogP contribution is -2.26. The Morgan fingerprint density at radius 2 is 1.76 bits per heavy atom. The zero-order valence-electron chi connectivity index (χ0n) is 14.5. The zero-order valence-corrected chi connectivity index (χ0v) is 14.5. The number of pyridine rings is 1. The minimum Gasteiger partial charge on any atom is -0.326 e. The van der Waals surface area contributed by atoms with Crippen molar-refractivity contribution < 1.29 is 0 Å². The van der Waals surface area contributed by atoms with Gasteiger partial charge < -0.3 is 10.6 Å². The molecule has 0 radical (unpaired) electrons. The second-order valence-electron chi connectivity index (χ2n) is 6.68. The number of para-hydroxylation sites is 1. The van der Waals surface area contributed by atoms with E-state index in [1.165, 1.54) is 16.8 Å². The molecule has 1 aromatic heterocycles. The van der Waals surface area contributed by atoms with Crippen LogP contribution in [0.5, 0.6) is 0 Å². The molecule has 0 fully saturated rings. The predicted octanol–water partition coefficient (Wildman–Crippen LogP) is 4.52. The standard InChI is InChI=1S/C22H23N3/c1-16-14-19(21(23)18-9-3-2-4-10-18)15-24-22(16)25-13-7-11-17-8-5-6-12-20(17)25/h2-6,8-10,12,14-15,21H,7,11,13,23H2,1H3. The van der Waals surface area contributed by atoms with Gasteiger partial charge in [0.1, 0.15) is 5.82 Å². The molecule has 3 nitrogen and oxygen atoms in total. The quantitative estimate of drug-likeness (QED) is 0.768. The molecule has 0 bridgehead atoms. The molecule has 3 heteroatoms. The molecule has 3 aromatic rings. The first-order valence-electron chi connectivity index (χ1n) is 8.86. The van der Waals surface area contributed by atoms with Crippen molar-refractivity contribution in [3.05, 3.63) is 89.1 Å². The van der Waals surface area contributed by atoms with Gasteiger partial charge in [-0.15, -0.1) is 0 Å². The molecule has 1 aliphatic heterocycles. The van der Waals surface area contributed by atoms with Gasteiger partial charge in [-0.2, -0.15) is 0 Å². The van der Waals surface area contributed by atoms with Gasteiger partial charge in [0.25, 0.3) is 0 Å². The molecule has 2 N–H and O–H groups in total. The van der Waals surface area contributed by atoms with E-state index in [4.69, 9.17) is 10.7 Å². The highest BCUT2D eigenvalue weighted by molar-refractivity contribution is 5.67. The van der Waals surface area contributed by atoms with Gasteiger partial charge in [0, 0.05) is 18.4 Å². The highest BCUT2D eigenvalue weighted by Crippen LogP contribution is 2.34. The van der Waals surface area contributed by atoms with Gasteiger partial charge in [-0.05, 0) is 54.2 Å². The zero-order chi connectivity index (χ0) is 17.2. The summed E-state index contributed by atoms with van der Waals surface area (Å²) < 4.78 is 0. The first-order chi connectivity index (χ1) is 12.2. The van der Waals surface area contributed by atoms with Crippen molar-refractivity contribution in [1.29, 1.82) is 0 Å². The maximum Gasteiger partial charge on any atom is 0.135 e. The van der Waals surface area contributed by atoms with Gasteiger partial charge in [0.15, 0.2) is 0 Å². The Hall–Kier alpha value is -2.65. The van der Waals surface area contributed by atoms with Crippen LogP contribution in [0.25, 0.3) is 0 Å². The van der Waals surface area contributed by atoms with Crippen LogP contribution >= 0.6 is 0 Å². The molecule has 0 saturated carbocycles. The number of nitrogens with two attached hydrogens (primary N) is 1. The van der Waals surface area contributed by atoms with Crippen LogP contribution in [0, 0.1) is 6.92 Å². The number of anilines is 2. The summed E-state index contributed by atoms with van der Waals surface area (Å²) >= 11 is 0. The monoisotopic (exact) mass is 329 g/mol. The highest BCUT2D eigenvalue weighted by Gasteiger charge is 2.21. The molecule has 1 unspecified atom stereocenters. The van der Waals surface area contributed by atoms with E-state index in [1.807, 2.05) is 24.4 Å². The van der Waals surface area contributed by atoms with Crippen molar-refractivity contribution in [2.75, 3.05) is 11.4 Å². The second kappa shape index (κ2) is 6.69. The topological polar surface area (TPSA) is 42.1 Å². The van der Waals surface area contributed by atoms with E-state index >= 15 is 0 Å². The van der Waals surface area contributed by atoms with Crippen LogP contribution in [0.1, 0.15) is 34.7 Å². The molecule has 1 aliphatic rings. The number of hydrogen-bond donors (Lipinski definition) is 1. The number of rotatable bonds is 3. The average molecular weight is 329 g/mol. The lowest BCUT2D eigenvalue weighted by Gasteiger charge is -2.31. The lowest BCUT2D eigenvalue weighted by molar-refractivity contribution is 0.756. The molecule has 126 valence electrons. The number of aromatic nitrogens is 1. The molecule has 1 atom stereocenters. The van der Waals surface area contributed by atoms with Crippen LogP contribution in [0.2, 0.25) is 0 Å². The fraction of sp³-hybridized carbons (Fsp3) is 0.227. The first kappa shape index (κ1) is 15.9. The van der Waals surface area contributed by atoms with Crippen molar-refractivity contribution in [3.63, 3.8) is 0 Å². The minimum absolute atomic E-state index is 0.143. The van der Waals surface area contributed by atoms with Gasteiger partial charge in [0.05, 0.1) is 6.04 Å². The van der Waals surface area contributed by atoms with Gasteiger partial charge in [-0.3, -0.25) is 0 Å². The predicted molar refractivity (Wildman–Crippen MR) is 103 cm³/mol. The maximum atomic E-state index is 6.44. The van der Waals surface area contributed by atoms with Gasteiger partial charge >= 0.3 is 0 Å². The number of aryl methyl sites for hydroxylation is 2. The van der Waals surface area contributed by atoms with Crippen molar-refractivity contribution in [2.24, 2.45) is 5.73 Å². The third kappa shape index (κ3) is 3.03. The van der Waals surface area contributed by atoms with Crippen molar-refractivity contribution >= 4 is 11.5 Å². The smallest absolute Gasteiger partial charge is 0.135 e. The molecule has 0 saturated heterocycles. The summed E-state index contributed by atoms with van der Waals surface area (Å²) in [5.41, 5.74) is 12.5. The summed E-state index contributed by atoms with van der Waals surface area (Å²) in [6.45, 7) is 3.13. The van der Waals surface area contributed by atoms with Crippen LogP contribution < -0.4 is 10.6 Å². The van der Waals surface area contributed by atoms with E-state index < -0.39 is 0 Å². The first-order valence-corrected chi connectivity index (χ1v) is 8.86. The van der Waals surface area contributed by atoms with E-state index in [0.29, 0.717) is 0 Å². The van der Waals surface area contributed by atoms with Crippen molar-refractivity contribution in [2.45, 2.75) is 25.8 Å². The minimum atomic E-state index is -0.143. The Labute approximate surface area is 149 Å². The van der Waals surface area contributed by atoms with Crippen LogP contribution in [-0.4, -0.2) is 11.5 Å². The SMILES string of the molecule is Cc1cc(C(N)c2ccccc2)cnc1N1CCCc2ccccc21. The maximum absolute atomic E-state index is 6.44. The summed E-state index contributed by atoms with van der Waals surface area (Å²) in [6.07, 6.45) is 4.23. The molecule has 25 heavy (non-hydrogen) atoms. The number of benzene rings is 2. The van der Waals surface area contributed by atoms with E-state index in [0.717, 1.165) is 36.3 Å². The molecule has 4 rings (SSSR count). The number of nitrogens with zero attached hydrogens (tertiary/aromatic N) is 2. The fourth-order valence-electron chi connectivity index (χ4n) is 3.65. The highest BCUT2D eigenvalue weighted by atomic mass is 15.2. The summed E-state index contributed by atoms with van der Waals surface area (Å²) in [6, 6.07) is 20.8. The Morgan fingerprint density at radius 1 is 1.00 bits per heavy atom. The number of fused-ring (bicyclic) bond motifs is 1. The average Bonchev–Trinajstić information content (AvgIpc) is 2.68. The van der Waals surface area contributed by atoms with Crippen molar-refractivity contribution in [3.8, 4) is 0 Å². The Balaban J connectivity index is 1.68. The van der Waals surface area contributed by atoms with Crippen LogP contribution in [0.15, 0.2) is 66.9 Å². The summed E-state index contributed by atoms with van der Waals surface area (Å²) in [5.74, 6) is 1.04. The normalized spacial score (nSPS) is 14.9. The molecular formula is C22H23N3. The van der Waals surface area contributed by atoms with E-state index in [-0.39, 0.29) is 6.04 Å². The third-order valence-corrected chi connectivity index (χ3v) is 4.96. The fourth-order valence-corrected chi connectivity index (χ4v) is 3.65. The van der Waals surface area contributed by atoms with Gasteiger partial charge in [0.2, 0.25) is 0 Å². The lowest BCUT2D eigenvalue weighted by atomic mass is 9.99. The molecular weight excluding hydrogens is 306 g/mol. The van der Waals surface area contributed by atoms with Crippen LogP contribution in [0.4, 0.5) is 11.5 Å². The Kier molecular flexibility index (Phi) is 4.24. The van der Waals surface area contributed by atoms with Crippen LogP contribution in [-0.2, 0) is 6.42 Å². The summed E-state index contributed by atoms with van der Waals surface area (Å²) in [5, 5.41) is 0. The second-order valence-corrected chi connectivity index (χ2v) is 6.68. The molecule has 0 aliphatic carbocycles. The van der Waals surface area contributed by atoms with Crippen molar-refractivity contribution in [1.82, 2.24) is 4.98 Å². The van der Waals surface area contributed by atoms with Crippen LogP contribution in [0.3, 0.4) is 0 Å². The van der Waals surface area contributed by atoms with E-state index in [1.54, 1.807) is 0 Å². The summed E-state index contributed by atoms with van der Waals surface area (Å²) in [4.78, 5) is 7.13. The van der Waals surface area contributed by atoms with Gasteiger partial charge in [-0.1, -0.05) is 48.5 Å². The van der Waals surface area contributed by atoms with Gasteiger partial charge in [-0.25, -0.2) is 4.98 Å². The third-order valence-electron chi connectivity index (χ3n) is 4.96. The Bertz CT molecular complexity index is 873. The number of hydrogen-bond acceptors (Lipinski definition) is 3. The Morgan fingerprint density at radius 3 is 2.56 bits per heavy atom. The van der Waals surface area contributed by atoms with E-state index in [9.17, 15) is 0 Å². The molecule has 2 aromatic carbocycles.